The summed E-state index contributed by atoms with van der Waals surface area (Å²) in [6, 6.07) is 34.9. The molecule has 0 saturated heterocycles. The maximum Gasteiger partial charge on any atom is 0.193 e. The van der Waals surface area contributed by atoms with Crippen molar-refractivity contribution in [3.8, 4) is 12.1 Å². The Morgan fingerprint density at radius 3 is 1.40 bits per heavy atom. The molecule has 7 nitrogen and oxygen atoms in total. The predicted molar refractivity (Wildman–Crippen MR) is 157 cm³/mol. The van der Waals surface area contributed by atoms with Gasteiger partial charge in [0.25, 0.3) is 0 Å². The van der Waals surface area contributed by atoms with Crippen LogP contribution < -0.4 is 21.3 Å². The normalized spacial score (nSPS) is 21.1. The minimum atomic E-state index is -0.363. The highest BCUT2D eigenvalue weighted by Crippen LogP contribution is 2.37. The molecule has 4 atom stereocenters. The van der Waals surface area contributed by atoms with E-state index in [-0.39, 0.29) is 30.0 Å². The summed E-state index contributed by atoms with van der Waals surface area (Å²) in [5.41, 5.74) is 6.42. The molecular weight excluding hydrogens is 496 g/mol. The van der Waals surface area contributed by atoms with Crippen molar-refractivity contribution in [2.24, 2.45) is 0 Å². The topological polar surface area (TPSA) is 113 Å². The first-order valence-corrected chi connectivity index (χ1v) is 13.4. The SMILES string of the molecule is N#CC1CC(c2ccccc2)Nc2cc(C(=O)c3ccc4c(c3)NC(c3ccccc3)CC(C#N)N4)ccc2N1. The van der Waals surface area contributed by atoms with Crippen LogP contribution in [0.15, 0.2) is 97.1 Å². The van der Waals surface area contributed by atoms with Crippen molar-refractivity contribution < 1.29 is 4.79 Å². The number of hydrogen-bond acceptors (Lipinski definition) is 7. The molecule has 7 heteroatoms. The van der Waals surface area contributed by atoms with E-state index in [1.807, 2.05) is 84.9 Å². The van der Waals surface area contributed by atoms with Gasteiger partial charge in [0.05, 0.1) is 47.0 Å². The molecule has 0 amide bonds. The Balaban J connectivity index is 1.31. The maximum absolute atomic E-state index is 13.7. The molecule has 4 unspecified atom stereocenters. The van der Waals surface area contributed by atoms with Crippen LogP contribution in [0.1, 0.15) is 52.0 Å². The van der Waals surface area contributed by atoms with Crippen LogP contribution in [0.25, 0.3) is 0 Å². The van der Waals surface area contributed by atoms with E-state index in [1.165, 1.54) is 0 Å². The highest BCUT2D eigenvalue weighted by atomic mass is 16.1. The zero-order chi connectivity index (χ0) is 27.5. The van der Waals surface area contributed by atoms with Gasteiger partial charge in [0.2, 0.25) is 0 Å². The highest BCUT2D eigenvalue weighted by molar-refractivity contribution is 6.10. The molecule has 0 bridgehead atoms. The monoisotopic (exact) mass is 524 g/mol. The number of benzene rings is 4. The molecule has 0 saturated carbocycles. The number of anilines is 4. The summed E-state index contributed by atoms with van der Waals surface area (Å²) in [5.74, 6) is -0.108. The summed E-state index contributed by atoms with van der Waals surface area (Å²) in [6.45, 7) is 0. The van der Waals surface area contributed by atoms with Gasteiger partial charge < -0.3 is 21.3 Å². The number of fused-ring (bicyclic) bond motifs is 2. The van der Waals surface area contributed by atoms with Crippen molar-refractivity contribution >= 4 is 28.5 Å². The second-order valence-corrected chi connectivity index (χ2v) is 10.2. The number of nitrogens with zero attached hydrogens (tertiary/aromatic N) is 2. The molecule has 2 aliphatic rings. The molecule has 2 heterocycles. The molecule has 2 aliphatic heterocycles. The number of nitrogens with one attached hydrogen (secondary N) is 4. The number of nitriles is 2. The van der Waals surface area contributed by atoms with Crippen molar-refractivity contribution in [3.63, 3.8) is 0 Å². The van der Waals surface area contributed by atoms with Crippen LogP contribution in [-0.2, 0) is 0 Å². The average molecular weight is 525 g/mol. The van der Waals surface area contributed by atoms with Gasteiger partial charge in [-0.05, 0) is 47.5 Å². The van der Waals surface area contributed by atoms with Crippen LogP contribution in [0.4, 0.5) is 22.7 Å². The number of rotatable bonds is 4. The fourth-order valence-corrected chi connectivity index (χ4v) is 5.47. The summed E-state index contributed by atoms with van der Waals surface area (Å²) in [5, 5.41) is 33.2. The van der Waals surface area contributed by atoms with E-state index in [4.69, 9.17) is 0 Å². The van der Waals surface area contributed by atoms with Gasteiger partial charge in [-0.3, -0.25) is 4.79 Å². The lowest BCUT2D eigenvalue weighted by atomic mass is 9.99. The smallest absolute Gasteiger partial charge is 0.193 e. The second-order valence-electron chi connectivity index (χ2n) is 10.2. The minimum Gasteiger partial charge on any atom is -0.376 e. The van der Waals surface area contributed by atoms with Gasteiger partial charge in [0, 0.05) is 24.0 Å². The zero-order valence-corrected chi connectivity index (χ0v) is 21.8. The van der Waals surface area contributed by atoms with Crippen LogP contribution in [0.5, 0.6) is 0 Å². The molecule has 0 fully saturated rings. The molecule has 4 N–H and O–H groups in total. The van der Waals surface area contributed by atoms with Crippen LogP contribution in [0.3, 0.4) is 0 Å². The van der Waals surface area contributed by atoms with E-state index in [2.05, 4.69) is 33.4 Å². The highest BCUT2D eigenvalue weighted by Gasteiger charge is 2.26. The van der Waals surface area contributed by atoms with Crippen molar-refractivity contribution in [2.45, 2.75) is 37.0 Å². The first-order valence-electron chi connectivity index (χ1n) is 13.4. The number of carbonyl (C=O) groups is 1. The van der Waals surface area contributed by atoms with E-state index < -0.39 is 0 Å². The third-order valence-electron chi connectivity index (χ3n) is 7.54. The molecular formula is C33H28N6O. The first-order chi connectivity index (χ1) is 19.6. The Morgan fingerprint density at radius 2 is 1.00 bits per heavy atom. The molecule has 0 aromatic heterocycles. The van der Waals surface area contributed by atoms with Crippen molar-refractivity contribution in [2.75, 3.05) is 21.3 Å². The lowest BCUT2D eigenvalue weighted by Gasteiger charge is -2.19. The fraction of sp³-hybridized carbons (Fsp3) is 0.182. The molecule has 0 aliphatic carbocycles. The molecule has 196 valence electrons. The molecule has 0 radical (unpaired) electrons. The van der Waals surface area contributed by atoms with E-state index in [1.54, 1.807) is 12.1 Å². The summed E-state index contributed by atoms with van der Waals surface area (Å²) in [4.78, 5) is 13.7. The van der Waals surface area contributed by atoms with E-state index in [0.717, 1.165) is 33.9 Å². The molecule has 40 heavy (non-hydrogen) atoms. The Bertz CT molecular complexity index is 1500. The van der Waals surface area contributed by atoms with Gasteiger partial charge >= 0.3 is 0 Å². The Labute approximate surface area is 233 Å². The molecule has 0 spiro atoms. The molecule has 6 rings (SSSR count). The molecule has 4 aromatic rings. The predicted octanol–water partition coefficient (Wildman–Crippen LogP) is 6.64. The average Bonchev–Trinajstić information content (AvgIpc) is 3.32. The third kappa shape index (κ3) is 5.06. The van der Waals surface area contributed by atoms with Crippen molar-refractivity contribution in [3.05, 3.63) is 119 Å². The van der Waals surface area contributed by atoms with E-state index in [9.17, 15) is 15.3 Å². The minimum absolute atomic E-state index is 0.0734. The number of hydrogen-bond donors (Lipinski definition) is 4. The largest absolute Gasteiger partial charge is 0.376 e. The Hall–Kier alpha value is -5.27. The van der Waals surface area contributed by atoms with E-state index in [0.29, 0.717) is 24.0 Å². The molecule has 4 aromatic carbocycles. The maximum atomic E-state index is 13.7. The van der Waals surface area contributed by atoms with Crippen LogP contribution >= 0.6 is 0 Å². The van der Waals surface area contributed by atoms with Crippen molar-refractivity contribution in [1.29, 1.82) is 10.5 Å². The lowest BCUT2D eigenvalue weighted by Crippen LogP contribution is -2.19. The van der Waals surface area contributed by atoms with Gasteiger partial charge in [-0.2, -0.15) is 10.5 Å². The van der Waals surface area contributed by atoms with Gasteiger partial charge in [0.15, 0.2) is 5.78 Å². The van der Waals surface area contributed by atoms with Gasteiger partial charge in [-0.1, -0.05) is 60.7 Å². The summed E-state index contributed by atoms with van der Waals surface area (Å²) in [7, 11) is 0. The van der Waals surface area contributed by atoms with Crippen LogP contribution in [0, 0.1) is 22.7 Å². The number of carbonyl (C=O) groups excluding carboxylic acids is 1. The van der Waals surface area contributed by atoms with Crippen LogP contribution in [0.2, 0.25) is 0 Å². The van der Waals surface area contributed by atoms with Gasteiger partial charge in [0.1, 0.15) is 12.1 Å². The summed E-state index contributed by atoms with van der Waals surface area (Å²) < 4.78 is 0. The summed E-state index contributed by atoms with van der Waals surface area (Å²) >= 11 is 0. The fourth-order valence-electron chi connectivity index (χ4n) is 5.47. The standard InChI is InChI=1S/C33H28N6O/c34-19-25-17-29(21-7-3-1-4-8-21)38-31-15-23(11-13-27(31)36-25)33(40)24-12-14-28-32(16-24)39-30(18-26(20-35)37-28)22-9-5-2-6-10-22/h1-16,25-26,29-30,36-39H,17-18H2. The van der Waals surface area contributed by atoms with Gasteiger partial charge in [-0.15, -0.1) is 0 Å². The number of ketones is 1. The Morgan fingerprint density at radius 1 is 0.575 bits per heavy atom. The van der Waals surface area contributed by atoms with Gasteiger partial charge in [-0.25, -0.2) is 0 Å². The van der Waals surface area contributed by atoms with E-state index >= 15 is 0 Å². The third-order valence-corrected chi connectivity index (χ3v) is 7.54. The quantitative estimate of drug-likeness (QED) is 0.221. The zero-order valence-electron chi connectivity index (χ0n) is 21.8. The lowest BCUT2D eigenvalue weighted by molar-refractivity contribution is 0.103. The Kier molecular flexibility index (Phi) is 6.78. The van der Waals surface area contributed by atoms with Crippen LogP contribution in [-0.4, -0.2) is 17.9 Å². The first kappa shape index (κ1) is 25.0. The second kappa shape index (κ2) is 10.8. The summed E-state index contributed by atoms with van der Waals surface area (Å²) in [6.07, 6.45) is 1.18. The van der Waals surface area contributed by atoms with Crippen molar-refractivity contribution in [1.82, 2.24) is 0 Å².